The van der Waals surface area contributed by atoms with Gasteiger partial charge in [-0.2, -0.15) is 0 Å². The molecule has 0 radical (unpaired) electrons. The molecule has 2 aromatic carbocycles. The molecule has 4 rings (SSSR count). The number of benzene rings is 2. The lowest BCUT2D eigenvalue weighted by atomic mass is 10.2. The molecule has 0 aliphatic rings. The Kier molecular flexibility index (Phi) is 5.51. The van der Waals surface area contributed by atoms with E-state index in [0.29, 0.717) is 10.8 Å². The minimum absolute atomic E-state index is 0.223. The number of halogens is 2. The molecule has 1 amide bonds. The number of amides is 1. The predicted octanol–water partition coefficient (Wildman–Crippen LogP) is 4.41. The van der Waals surface area contributed by atoms with Crippen LogP contribution in [0.2, 0.25) is 10.0 Å². The van der Waals surface area contributed by atoms with Gasteiger partial charge in [-0.1, -0.05) is 29.3 Å². The molecule has 0 fully saturated rings. The summed E-state index contributed by atoms with van der Waals surface area (Å²) in [6, 6.07) is 14.0. The van der Waals surface area contributed by atoms with E-state index in [9.17, 15) is 4.79 Å². The summed E-state index contributed by atoms with van der Waals surface area (Å²) >= 11 is 11.9. The second-order valence-electron chi connectivity index (χ2n) is 6.19. The first kappa shape index (κ1) is 19.7. The van der Waals surface area contributed by atoms with Crippen LogP contribution >= 0.6 is 23.2 Å². The number of hydrogen-bond acceptors (Lipinski definition) is 7. The minimum Gasteiger partial charge on any atom is -0.393 e. The van der Waals surface area contributed by atoms with Crippen molar-refractivity contribution in [3.63, 3.8) is 0 Å². The van der Waals surface area contributed by atoms with Gasteiger partial charge in [0.25, 0.3) is 5.91 Å². The van der Waals surface area contributed by atoms with Gasteiger partial charge >= 0.3 is 0 Å². The Morgan fingerprint density at radius 1 is 0.967 bits per heavy atom. The van der Waals surface area contributed by atoms with Crippen LogP contribution in [0.1, 0.15) is 10.4 Å². The second kappa shape index (κ2) is 8.40. The molecule has 0 saturated heterocycles. The van der Waals surface area contributed by atoms with E-state index in [0.717, 1.165) is 16.6 Å². The lowest BCUT2D eigenvalue weighted by molar-refractivity contribution is 0.0962. The third-order valence-electron chi connectivity index (χ3n) is 4.25. The number of anilines is 4. The molecule has 5 N–H and O–H groups in total. The Labute approximate surface area is 181 Å². The van der Waals surface area contributed by atoms with Gasteiger partial charge in [-0.25, -0.2) is 9.97 Å². The average Bonchev–Trinajstić information content (AvgIpc) is 2.74. The van der Waals surface area contributed by atoms with E-state index in [4.69, 9.17) is 28.9 Å². The number of rotatable bonds is 5. The number of nitrogens with two attached hydrogens (primary N) is 1. The van der Waals surface area contributed by atoms with Crippen molar-refractivity contribution in [2.24, 2.45) is 0 Å². The van der Waals surface area contributed by atoms with Crippen molar-refractivity contribution in [3.8, 4) is 0 Å². The first-order valence-corrected chi connectivity index (χ1v) is 9.51. The number of carbonyl (C=O) groups is 1. The molecule has 0 aliphatic heterocycles. The van der Waals surface area contributed by atoms with Gasteiger partial charge in [0.1, 0.15) is 12.0 Å². The molecule has 0 unspecified atom stereocenters. The molecular weight excluding hydrogens is 425 g/mol. The molecule has 0 spiro atoms. The smallest absolute Gasteiger partial charge is 0.271 e. The molecule has 10 heteroatoms. The van der Waals surface area contributed by atoms with E-state index in [1.54, 1.807) is 12.3 Å². The van der Waals surface area contributed by atoms with Crippen molar-refractivity contribution in [3.05, 3.63) is 76.7 Å². The van der Waals surface area contributed by atoms with Gasteiger partial charge in [0, 0.05) is 22.3 Å². The molecule has 0 atom stereocenters. The van der Waals surface area contributed by atoms with Crippen molar-refractivity contribution >= 4 is 63.0 Å². The maximum Gasteiger partial charge on any atom is 0.271 e. The van der Waals surface area contributed by atoms with Crippen molar-refractivity contribution < 1.29 is 4.79 Å². The summed E-state index contributed by atoms with van der Waals surface area (Å²) in [5.74, 6) is 0.135. The Bertz CT molecular complexity index is 1240. The Morgan fingerprint density at radius 2 is 1.80 bits per heavy atom. The van der Waals surface area contributed by atoms with E-state index in [-0.39, 0.29) is 22.1 Å². The molecular formula is C20H15Cl2N7O. The topological polar surface area (TPSA) is 118 Å². The Balaban J connectivity index is 1.54. The molecule has 0 saturated carbocycles. The zero-order chi connectivity index (χ0) is 21.1. The average molecular weight is 440 g/mol. The highest BCUT2D eigenvalue weighted by Gasteiger charge is 2.13. The number of fused-ring (bicyclic) bond motifs is 1. The molecule has 0 bridgehead atoms. The van der Waals surface area contributed by atoms with Crippen molar-refractivity contribution in [1.29, 1.82) is 0 Å². The van der Waals surface area contributed by atoms with Crippen LogP contribution in [0.3, 0.4) is 0 Å². The van der Waals surface area contributed by atoms with Crippen molar-refractivity contribution in [2.75, 3.05) is 16.5 Å². The number of pyridine rings is 1. The van der Waals surface area contributed by atoms with Gasteiger partial charge in [0.2, 0.25) is 0 Å². The fourth-order valence-corrected chi connectivity index (χ4v) is 3.29. The third kappa shape index (κ3) is 4.05. The largest absolute Gasteiger partial charge is 0.393 e. The second-order valence-corrected chi connectivity index (χ2v) is 7.03. The predicted molar refractivity (Wildman–Crippen MR) is 119 cm³/mol. The number of nitrogens with zero attached hydrogens (tertiary/aromatic N) is 3. The quantitative estimate of drug-likeness (QED) is 0.340. The lowest BCUT2D eigenvalue weighted by Crippen LogP contribution is -2.30. The van der Waals surface area contributed by atoms with Crippen LogP contribution in [0.25, 0.3) is 10.9 Å². The first-order valence-electron chi connectivity index (χ1n) is 8.75. The van der Waals surface area contributed by atoms with Gasteiger partial charge < -0.3 is 11.1 Å². The number of hydrazine groups is 1. The van der Waals surface area contributed by atoms with Gasteiger partial charge in [0.05, 0.1) is 16.1 Å². The molecule has 2 aromatic heterocycles. The zero-order valence-corrected chi connectivity index (χ0v) is 16.9. The van der Waals surface area contributed by atoms with Gasteiger partial charge in [-0.15, -0.1) is 0 Å². The van der Waals surface area contributed by atoms with Crippen LogP contribution in [-0.2, 0) is 0 Å². The summed E-state index contributed by atoms with van der Waals surface area (Å²) in [4.78, 5) is 25.0. The minimum atomic E-state index is -0.468. The number of nitrogens with one attached hydrogen (secondary N) is 3. The number of aromatic nitrogens is 3. The Hall–Kier alpha value is -3.62. The molecule has 30 heavy (non-hydrogen) atoms. The highest BCUT2D eigenvalue weighted by Crippen LogP contribution is 2.29. The SMILES string of the molecule is Nc1c(NNC(=O)c2ccc(Cl)cc2Cl)ncnc1Nc1cccc2ncccc12. The fraction of sp³-hybridized carbons (Fsp3) is 0. The van der Waals surface area contributed by atoms with E-state index in [1.165, 1.54) is 18.5 Å². The third-order valence-corrected chi connectivity index (χ3v) is 4.80. The molecule has 150 valence electrons. The van der Waals surface area contributed by atoms with E-state index < -0.39 is 5.91 Å². The fourth-order valence-electron chi connectivity index (χ4n) is 2.79. The number of nitrogen functional groups attached to an aromatic ring is 1. The molecule has 4 aromatic rings. The maximum absolute atomic E-state index is 12.4. The van der Waals surface area contributed by atoms with E-state index in [2.05, 4.69) is 31.1 Å². The molecule has 2 heterocycles. The normalized spacial score (nSPS) is 10.6. The summed E-state index contributed by atoms with van der Waals surface area (Å²) in [5.41, 5.74) is 13.5. The summed E-state index contributed by atoms with van der Waals surface area (Å²) in [7, 11) is 0. The van der Waals surface area contributed by atoms with Crippen LogP contribution in [-0.4, -0.2) is 20.9 Å². The van der Waals surface area contributed by atoms with Crippen LogP contribution in [0.15, 0.2) is 61.1 Å². The zero-order valence-electron chi connectivity index (χ0n) is 15.4. The van der Waals surface area contributed by atoms with E-state index >= 15 is 0 Å². The highest BCUT2D eigenvalue weighted by atomic mass is 35.5. The summed E-state index contributed by atoms with van der Waals surface area (Å²) < 4.78 is 0. The van der Waals surface area contributed by atoms with Crippen LogP contribution < -0.4 is 21.9 Å². The van der Waals surface area contributed by atoms with E-state index in [1.807, 2.05) is 30.3 Å². The van der Waals surface area contributed by atoms with Crippen molar-refractivity contribution in [2.45, 2.75) is 0 Å². The van der Waals surface area contributed by atoms with Crippen LogP contribution in [0, 0.1) is 0 Å². The van der Waals surface area contributed by atoms with Gasteiger partial charge in [-0.05, 0) is 42.5 Å². The monoisotopic (exact) mass is 439 g/mol. The first-order chi connectivity index (χ1) is 14.5. The van der Waals surface area contributed by atoms with Crippen LogP contribution in [0.5, 0.6) is 0 Å². The summed E-state index contributed by atoms with van der Waals surface area (Å²) in [6.07, 6.45) is 3.05. The Morgan fingerprint density at radius 3 is 2.63 bits per heavy atom. The summed E-state index contributed by atoms with van der Waals surface area (Å²) in [6.45, 7) is 0. The van der Waals surface area contributed by atoms with Gasteiger partial charge in [0.15, 0.2) is 11.6 Å². The molecule has 0 aliphatic carbocycles. The van der Waals surface area contributed by atoms with Gasteiger partial charge in [-0.3, -0.25) is 20.6 Å². The lowest BCUT2D eigenvalue weighted by Gasteiger charge is -2.14. The number of carbonyl (C=O) groups excluding carboxylic acids is 1. The maximum atomic E-state index is 12.4. The number of hydrogen-bond donors (Lipinski definition) is 4. The van der Waals surface area contributed by atoms with Crippen LogP contribution in [0.4, 0.5) is 23.0 Å². The summed E-state index contributed by atoms with van der Waals surface area (Å²) in [5, 5.41) is 4.76. The standard InChI is InChI=1S/C20H15Cl2N7O/c21-11-6-7-12(14(22)9-11)20(30)29-28-19-17(23)18(25-10-26-19)27-16-5-1-4-15-13(16)3-2-8-24-15/h1-10H,23H2,(H,29,30)(H2,25,26,27,28). The molecule has 8 nitrogen and oxygen atoms in total. The highest BCUT2D eigenvalue weighted by molar-refractivity contribution is 6.36. The van der Waals surface area contributed by atoms with Crippen molar-refractivity contribution in [1.82, 2.24) is 20.4 Å².